The first kappa shape index (κ1) is 21.6. The van der Waals surface area contributed by atoms with E-state index in [1.165, 1.54) is 0 Å². The highest BCUT2D eigenvalue weighted by atomic mass is 32.1. The van der Waals surface area contributed by atoms with Gasteiger partial charge in [0.15, 0.2) is 5.11 Å². The Morgan fingerprint density at radius 2 is 2.07 bits per heavy atom. The molecule has 7 nitrogen and oxygen atoms in total. The third-order valence-corrected chi connectivity index (χ3v) is 4.52. The lowest BCUT2D eigenvalue weighted by Crippen LogP contribution is -2.40. The Balaban J connectivity index is 2.03. The Kier molecular flexibility index (Phi) is 8.93. The van der Waals surface area contributed by atoms with Gasteiger partial charge in [-0.15, -0.1) is 0 Å². The van der Waals surface area contributed by atoms with E-state index in [1.54, 1.807) is 14.2 Å². The number of rotatable bonds is 8. The quantitative estimate of drug-likeness (QED) is 0.396. The van der Waals surface area contributed by atoms with Crippen molar-refractivity contribution in [1.82, 2.24) is 15.6 Å². The van der Waals surface area contributed by atoms with Crippen LogP contribution in [0.25, 0.3) is 0 Å². The maximum Gasteiger partial charge on any atom is 0.187 e. The monoisotopic (exact) mass is 394 g/mol. The molecular weight excluding hydrogens is 364 g/mol. The Bertz CT molecular complexity index is 648. The van der Waals surface area contributed by atoms with Gasteiger partial charge in [-0.3, -0.25) is 10.3 Å². The second kappa shape index (κ2) is 11.2. The van der Waals surface area contributed by atoms with Crippen LogP contribution in [0.2, 0.25) is 0 Å². The molecule has 0 radical (unpaired) electrons. The lowest BCUT2D eigenvalue weighted by Gasteiger charge is -2.27. The van der Waals surface area contributed by atoms with Crippen molar-refractivity contribution in [3.05, 3.63) is 29.3 Å². The molecule has 0 aromatic heterocycles. The fraction of sp³-hybridized carbons (Fsp3) is 0.579. The highest BCUT2D eigenvalue weighted by molar-refractivity contribution is 7.80. The summed E-state index contributed by atoms with van der Waals surface area (Å²) in [6.45, 7) is 8.77. The van der Waals surface area contributed by atoms with Crippen molar-refractivity contribution in [1.29, 1.82) is 0 Å². The van der Waals surface area contributed by atoms with Gasteiger partial charge in [-0.2, -0.15) is 5.10 Å². The maximum atomic E-state index is 5.53. The van der Waals surface area contributed by atoms with Gasteiger partial charge in [0.1, 0.15) is 5.75 Å². The predicted octanol–water partition coefficient (Wildman–Crippen LogP) is 1.75. The Morgan fingerprint density at radius 1 is 1.33 bits per heavy atom. The second-order valence-electron chi connectivity index (χ2n) is 6.55. The minimum atomic E-state index is 0.117. The first-order valence-corrected chi connectivity index (χ1v) is 9.51. The van der Waals surface area contributed by atoms with E-state index in [0.717, 1.165) is 55.4 Å². The number of thiocarbonyl (C=S) groups is 1. The topological polar surface area (TPSA) is 67.3 Å². The zero-order valence-corrected chi connectivity index (χ0v) is 17.4. The molecule has 0 bridgehead atoms. The van der Waals surface area contributed by atoms with Gasteiger partial charge in [0.05, 0.1) is 32.6 Å². The zero-order valence-electron chi connectivity index (χ0n) is 16.6. The van der Waals surface area contributed by atoms with Crippen molar-refractivity contribution in [2.75, 3.05) is 47.1 Å². The standard InChI is InChI=1S/C19H30N4O3S/c1-14(13-24-3)20-19(27)22-21-15(2)16-5-6-18(25-4)17(11-16)12-23-7-9-26-10-8-23/h5-6,11,14H,7-10,12-13H2,1-4H3,(H2,20,22,27)/b21-15-/t14-/m0/s1. The third kappa shape index (κ3) is 7.06. The molecule has 1 aliphatic rings. The minimum absolute atomic E-state index is 0.117. The summed E-state index contributed by atoms with van der Waals surface area (Å²) in [6.07, 6.45) is 0. The average molecular weight is 395 g/mol. The molecule has 8 heteroatoms. The number of ether oxygens (including phenoxy) is 3. The molecule has 1 heterocycles. The molecular formula is C19H30N4O3S. The van der Waals surface area contributed by atoms with Crippen LogP contribution in [0.1, 0.15) is 25.0 Å². The van der Waals surface area contributed by atoms with Crippen LogP contribution < -0.4 is 15.5 Å². The van der Waals surface area contributed by atoms with E-state index >= 15 is 0 Å². The molecule has 1 saturated heterocycles. The summed E-state index contributed by atoms with van der Waals surface area (Å²) in [5.74, 6) is 0.886. The van der Waals surface area contributed by atoms with E-state index in [0.29, 0.717) is 11.7 Å². The van der Waals surface area contributed by atoms with Gasteiger partial charge < -0.3 is 19.5 Å². The first-order valence-electron chi connectivity index (χ1n) is 9.10. The first-order chi connectivity index (χ1) is 13.0. The number of benzene rings is 1. The van der Waals surface area contributed by atoms with E-state index in [4.69, 9.17) is 26.4 Å². The number of hydrogen-bond donors (Lipinski definition) is 2. The van der Waals surface area contributed by atoms with Crippen LogP contribution in [-0.2, 0) is 16.0 Å². The number of methoxy groups -OCH3 is 2. The predicted molar refractivity (Wildman–Crippen MR) is 112 cm³/mol. The third-order valence-electron chi connectivity index (χ3n) is 4.32. The number of hydrogen-bond acceptors (Lipinski definition) is 6. The van der Waals surface area contributed by atoms with Crippen LogP contribution >= 0.6 is 12.2 Å². The van der Waals surface area contributed by atoms with E-state index < -0.39 is 0 Å². The highest BCUT2D eigenvalue weighted by Crippen LogP contribution is 2.22. The van der Waals surface area contributed by atoms with Gasteiger partial charge in [-0.05, 0) is 49.8 Å². The van der Waals surface area contributed by atoms with Crippen molar-refractivity contribution in [3.8, 4) is 5.75 Å². The fourth-order valence-electron chi connectivity index (χ4n) is 2.87. The molecule has 1 fully saturated rings. The van der Waals surface area contributed by atoms with E-state index in [1.807, 2.05) is 26.0 Å². The summed E-state index contributed by atoms with van der Waals surface area (Å²) in [5.41, 5.74) is 5.91. The van der Waals surface area contributed by atoms with E-state index in [-0.39, 0.29) is 6.04 Å². The van der Waals surface area contributed by atoms with Crippen molar-refractivity contribution < 1.29 is 14.2 Å². The van der Waals surface area contributed by atoms with Crippen LogP contribution in [-0.4, -0.2) is 68.9 Å². The molecule has 1 aliphatic heterocycles. The van der Waals surface area contributed by atoms with Gasteiger partial charge in [0.25, 0.3) is 0 Å². The SMILES string of the molecule is COC[C@H](C)NC(=S)N/N=C(/C)c1ccc(OC)c(CN2CCOCC2)c1. The van der Waals surface area contributed by atoms with Gasteiger partial charge in [0, 0.05) is 38.3 Å². The second-order valence-corrected chi connectivity index (χ2v) is 6.96. The lowest BCUT2D eigenvalue weighted by atomic mass is 10.1. The summed E-state index contributed by atoms with van der Waals surface area (Å²) in [4.78, 5) is 2.37. The Hall–Kier alpha value is -1.74. The fourth-order valence-corrected chi connectivity index (χ4v) is 3.12. The van der Waals surface area contributed by atoms with Crippen molar-refractivity contribution in [2.24, 2.45) is 5.10 Å². The van der Waals surface area contributed by atoms with Crippen LogP contribution in [0, 0.1) is 0 Å². The number of morpholine rings is 1. The molecule has 2 N–H and O–H groups in total. The van der Waals surface area contributed by atoms with Crippen LogP contribution in [0.4, 0.5) is 0 Å². The minimum Gasteiger partial charge on any atom is -0.496 e. The highest BCUT2D eigenvalue weighted by Gasteiger charge is 2.14. The van der Waals surface area contributed by atoms with E-state index in [9.17, 15) is 0 Å². The molecule has 150 valence electrons. The normalized spacial score (nSPS) is 16.7. The van der Waals surface area contributed by atoms with Crippen LogP contribution in [0.5, 0.6) is 5.75 Å². The largest absolute Gasteiger partial charge is 0.496 e. The summed E-state index contributed by atoms with van der Waals surface area (Å²) in [5, 5.41) is 7.99. The molecule has 1 aromatic carbocycles. The number of hydrazone groups is 1. The van der Waals surface area contributed by atoms with Crippen molar-refractivity contribution in [3.63, 3.8) is 0 Å². The maximum absolute atomic E-state index is 5.53. The van der Waals surface area contributed by atoms with Crippen molar-refractivity contribution in [2.45, 2.75) is 26.4 Å². The molecule has 0 aliphatic carbocycles. The Labute approximate surface area is 167 Å². The van der Waals surface area contributed by atoms with Gasteiger partial charge in [-0.25, -0.2) is 0 Å². The molecule has 1 atom stereocenters. The average Bonchev–Trinajstić information content (AvgIpc) is 2.67. The molecule has 0 saturated carbocycles. The Morgan fingerprint density at radius 3 is 2.74 bits per heavy atom. The lowest BCUT2D eigenvalue weighted by molar-refractivity contribution is 0.0339. The molecule has 0 amide bonds. The van der Waals surface area contributed by atoms with Gasteiger partial charge >= 0.3 is 0 Å². The molecule has 0 unspecified atom stereocenters. The number of nitrogens with zero attached hydrogens (tertiary/aromatic N) is 2. The summed E-state index contributed by atoms with van der Waals surface area (Å²) in [6, 6.07) is 6.23. The number of nitrogens with one attached hydrogen (secondary N) is 2. The molecule has 27 heavy (non-hydrogen) atoms. The zero-order chi connectivity index (χ0) is 19.6. The molecule has 2 rings (SSSR count). The summed E-state index contributed by atoms with van der Waals surface area (Å²) in [7, 11) is 3.36. The van der Waals surface area contributed by atoms with Gasteiger partial charge in [0.2, 0.25) is 0 Å². The van der Waals surface area contributed by atoms with Crippen molar-refractivity contribution >= 4 is 23.0 Å². The molecule has 1 aromatic rings. The van der Waals surface area contributed by atoms with Crippen LogP contribution in [0.3, 0.4) is 0 Å². The summed E-state index contributed by atoms with van der Waals surface area (Å²) >= 11 is 5.26. The van der Waals surface area contributed by atoms with E-state index in [2.05, 4.69) is 26.8 Å². The smallest absolute Gasteiger partial charge is 0.187 e. The summed E-state index contributed by atoms with van der Waals surface area (Å²) < 4.78 is 16.0. The molecule has 0 spiro atoms. The van der Waals surface area contributed by atoms with Gasteiger partial charge in [-0.1, -0.05) is 0 Å². The van der Waals surface area contributed by atoms with Crippen LogP contribution in [0.15, 0.2) is 23.3 Å².